The highest BCUT2D eigenvalue weighted by Gasteiger charge is 2.27. The van der Waals surface area contributed by atoms with Gasteiger partial charge in [-0.1, -0.05) is 213 Å². The van der Waals surface area contributed by atoms with Gasteiger partial charge in [0.2, 0.25) is 5.91 Å². The first-order valence-corrected chi connectivity index (χ1v) is 31.0. The quantitative estimate of drug-likeness (QED) is 0.0212. The molecule has 3 atom stereocenters. The minimum Gasteiger partial charge on any atom is -0.756 e. The Morgan fingerprint density at radius 1 is 0.480 bits per heavy atom. The van der Waals surface area contributed by atoms with E-state index in [0.717, 1.165) is 96.3 Å². The van der Waals surface area contributed by atoms with Gasteiger partial charge in [0, 0.05) is 12.8 Å². The number of nitrogens with one attached hydrogen (secondary N) is 1. The van der Waals surface area contributed by atoms with Crippen molar-refractivity contribution >= 4 is 19.7 Å². The van der Waals surface area contributed by atoms with Crippen LogP contribution in [0.2, 0.25) is 0 Å². The molecule has 0 aromatic rings. The molecule has 0 aliphatic carbocycles. The lowest BCUT2D eigenvalue weighted by Gasteiger charge is -2.30. The lowest BCUT2D eigenvalue weighted by molar-refractivity contribution is -0.870. The summed E-state index contributed by atoms with van der Waals surface area (Å²) >= 11 is 0. The molecule has 0 saturated carbocycles. The van der Waals surface area contributed by atoms with Crippen LogP contribution in [0.5, 0.6) is 0 Å². The average molecular weight is 1060 g/mol. The average Bonchev–Trinajstić information content (AvgIpc) is 3.37. The number of rotatable bonds is 51. The zero-order chi connectivity index (χ0) is 55.0. The van der Waals surface area contributed by atoms with Crippen LogP contribution in [-0.2, 0) is 27.9 Å². The Balaban J connectivity index is 5.46. The number of phosphoric acid groups is 1. The Hall–Kier alpha value is -3.85. The van der Waals surface area contributed by atoms with Crippen LogP contribution in [0.15, 0.2) is 134 Å². The minimum absolute atomic E-state index is 0.0471. The summed E-state index contributed by atoms with van der Waals surface area (Å²) in [6.07, 6.45) is 75.7. The zero-order valence-electron chi connectivity index (χ0n) is 48.4. The van der Waals surface area contributed by atoms with Gasteiger partial charge in [0.05, 0.1) is 33.8 Å². The predicted molar refractivity (Wildman–Crippen MR) is 320 cm³/mol. The predicted octanol–water partition coefficient (Wildman–Crippen LogP) is 17.5. The van der Waals surface area contributed by atoms with Gasteiger partial charge in [0.15, 0.2) is 0 Å². The number of allylic oxidation sites excluding steroid dienone is 21. The Bertz CT molecular complexity index is 1740. The first kappa shape index (κ1) is 71.2. The monoisotopic (exact) mass is 1060 g/mol. The molecule has 10 heteroatoms. The van der Waals surface area contributed by atoms with Crippen molar-refractivity contribution in [3.05, 3.63) is 134 Å². The van der Waals surface area contributed by atoms with Gasteiger partial charge in [-0.3, -0.25) is 14.2 Å². The molecule has 0 aliphatic rings. The second kappa shape index (κ2) is 53.5. The van der Waals surface area contributed by atoms with E-state index in [0.29, 0.717) is 23.9 Å². The minimum atomic E-state index is -4.73. The van der Waals surface area contributed by atoms with Crippen molar-refractivity contribution in [1.82, 2.24) is 5.32 Å². The van der Waals surface area contributed by atoms with Crippen LogP contribution in [0.3, 0.4) is 0 Å². The summed E-state index contributed by atoms with van der Waals surface area (Å²) in [6.45, 7) is 6.59. The van der Waals surface area contributed by atoms with E-state index in [2.05, 4.69) is 148 Å². The zero-order valence-corrected chi connectivity index (χ0v) is 49.3. The smallest absolute Gasteiger partial charge is 0.306 e. The Labute approximate surface area is 460 Å². The van der Waals surface area contributed by atoms with Crippen molar-refractivity contribution in [3.63, 3.8) is 0 Å². The molecule has 0 saturated heterocycles. The SMILES string of the molecule is CC/C=C\C/C=C\C/C=C\C/C=C\C/C=C\C/C=C\CCCCC(=O)NC(COP(=O)([O-])OCC[N+](C)(C)C)C(/C=C\CCCCCCCCCCC)OC(=O)CCC/C=C\C/C=C\C/C=C\C/C=C\CCCCC. The molecule has 75 heavy (non-hydrogen) atoms. The molecule has 0 bridgehead atoms. The summed E-state index contributed by atoms with van der Waals surface area (Å²) in [4.78, 5) is 39.9. The van der Waals surface area contributed by atoms with Crippen LogP contribution in [0.25, 0.3) is 0 Å². The van der Waals surface area contributed by atoms with Crippen LogP contribution in [0.4, 0.5) is 0 Å². The van der Waals surface area contributed by atoms with E-state index in [-0.39, 0.29) is 25.4 Å². The van der Waals surface area contributed by atoms with Gasteiger partial charge < -0.3 is 28.5 Å². The second-order valence-corrected chi connectivity index (χ2v) is 21.8. The third kappa shape index (κ3) is 54.7. The number of likely N-dealkylation sites (N-methyl/N-ethyl adjacent to an activating group) is 1. The van der Waals surface area contributed by atoms with E-state index in [1.165, 1.54) is 70.6 Å². The lowest BCUT2D eigenvalue weighted by Crippen LogP contribution is -2.47. The highest BCUT2D eigenvalue weighted by atomic mass is 31.2. The van der Waals surface area contributed by atoms with Gasteiger partial charge in [0.25, 0.3) is 7.82 Å². The molecule has 9 nitrogen and oxygen atoms in total. The lowest BCUT2D eigenvalue weighted by atomic mass is 10.1. The highest BCUT2D eigenvalue weighted by Crippen LogP contribution is 2.38. The number of esters is 1. The van der Waals surface area contributed by atoms with E-state index >= 15 is 0 Å². The van der Waals surface area contributed by atoms with Gasteiger partial charge in [-0.15, -0.1) is 0 Å². The number of carbonyl (C=O) groups is 2. The number of hydrogen-bond donors (Lipinski definition) is 1. The molecule has 3 unspecified atom stereocenters. The molecule has 1 N–H and O–H groups in total. The maximum atomic E-state index is 13.5. The van der Waals surface area contributed by atoms with Crippen molar-refractivity contribution in [1.29, 1.82) is 0 Å². The number of hydrogen-bond acceptors (Lipinski definition) is 7. The van der Waals surface area contributed by atoms with Crippen molar-refractivity contribution in [2.24, 2.45) is 0 Å². The molecule has 0 rings (SSSR count). The Kier molecular flexibility index (Phi) is 50.8. The molecule has 0 radical (unpaired) electrons. The number of nitrogens with zero attached hydrogens (tertiary/aromatic N) is 1. The van der Waals surface area contributed by atoms with Gasteiger partial charge in [-0.05, 0) is 122 Å². The number of unbranched alkanes of at least 4 members (excludes halogenated alkanes) is 15. The summed E-state index contributed by atoms with van der Waals surface area (Å²) in [7, 11) is 1.10. The maximum Gasteiger partial charge on any atom is 0.306 e. The van der Waals surface area contributed by atoms with Crippen LogP contribution in [0.1, 0.15) is 213 Å². The van der Waals surface area contributed by atoms with Crippen LogP contribution >= 0.6 is 7.82 Å². The standard InChI is InChI=1S/C65H109N2O7P/c1-7-10-13-16-19-22-25-27-29-31-32-33-34-36-37-39-42-45-48-51-54-57-64(68)66-62(61-73-75(70,71)72-60-59-67(4,5)6)63(56-53-50-47-44-41-24-21-18-15-12-9-3)74-65(69)58-55-52-49-46-43-40-38-35-30-28-26-23-20-17-14-11-8-2/h10,13,19-20,22-23,27-30,32-33,36-38,40,42,45-46,49,53,56,62-63H,7-9,11-12,14-18,21,24-26,31,34-35,39,41,43-44,47-48,50-52,54-55,57-61H2,1-6H3,(H-,66,68,70,71)/b13-10-,22-19-,23-20-,29-27-,30-28-,33-32-,37-36-,40-38-,45-42-,49-46-,56-53-. The topological polar surface area (TPSA) is 114 Å². The fourth-order valence-electron chi connectivity index (χ4n) is 7.51. The number of amides is 1. The molecule has 0 aromatic heterocycles. The Morgan fingerprint density at radius 3 is 1.33 bits per heavy atom. The molecule has 0 fully saturated rings. The summed E-state index contributed by atoms with van der Waals surface area (Å²) in [6, 6.07) is -0.943. The van der Waals surface area contributed by atoms with Crippen molar-refractivity contribution in [2.75, 3.05) is 40.9 Å². The third-order valence-electron chi connectivity index (χ3n) is 12.1. The van der Waals surface area contributed by atoms with E-state index in [9.17, 15) is 19.0 Å². The third-order valence-corrected chi connectivity index (χ3v) is 13.0. The first-order valence-electron chi connectivity index (χ1n) is 29.5. The summed E-state index contributed by atoms with van der Waals surface area (Å²) in [5, 5.41) is 2.98. The fourth-order valence-corrected chi connectivity index (χ4v) is 8.24. The van der Waals surface area contributed by atoms with Crippen molar-refractivity contribution in [2.45, 2.75) is 226 Å². The molecular weight excluding hydrogens is 952 g/mol. The van der Waals surface area contributed by atoms with Crippen LogP contribution in [-0.4, -0.2) is 69.4 Å². The number of ether oxygens (including phenoxy) is 1. The molecule has 0 aromatic carbocycles. The van der Waals surface area contributed by atoms with Gasteiger partial charge in [-0.2, -0.15) is 0 Å². The van der Waals surface area contributed by atoms with Gasteiger partial charge in [-0.25, -0.2) is 0 Å². The van der Waals surface area contributed by atoms with Crippen LogP contribution in [0, 0.1) is 0 Å². The molecule has 0 aliphatic heterocycles. The number of phosphoric ester groups is 1. The highest BCUT2D eigenvalue weighted by molar-refractivity contribution is 7.45. The number of quaternary nitrogens is 1. The first-order chi connectivity index (χ1) is 36.4. The largest absolute Gasteiger partial charge is 0.756 e. The molecule has 0 heterocycles. The van der Waals surface area contributed by atoms with Crippen molar-refractivity contribution < 1.29 is 37.3 Å². The van der Waals surface area contributed by atoms with E-state index in [1.54, 1.807) is 6.08 Å². The van der Waals surface area contributed by atoms with Crippen LogP contribution < -0.4 is 10.2 Å². The van der Waals surface area contributed by atoms with E-state index < -0.39 is 32.5 Å². The number of carbonyl (C=O) groups excluding carboxylic acids is 2. The second-order valence-electron chi connectivity index (χ2n) is 20.4. The van der Waals surface area contributed by atoms with E-state index in [1.807, 2.05) is 27.2 Å². The fraction of sp³-hybridized carbons (Fsp3) is 0.631. The normalized spacial score (nSPS) is 14.7. The van der Waals surface area contributed by atoms with Gasteiger partial charge in [0.1, 0.15) is 19.3 Å². The van der Waals surface area contributed by atoms with Gasteiger partial charge >= 0.3 is 5.97 Å². The molecular formula is C65H109N2O7P. The van der Waals surface area contributed by atoms with E-state index in [4.69, 9.17) is 13.8 Å². The summed E-state index contributed by atoms with van der Waals surface area (Å²) < 4.78 is 30.2. The summed E-state index contributed by atoms with van der Waals surface area (Å²) in [5.41, 5.74) is 0. The molecule has 0 spiro atoms. The molecule has 426 valence electrons. The maximum absolute atomic E-state index is 13.5. The van der Waals surface area contributed by atoms with Crippen molar-refractivity contribution in [3.8, 4) is 0 Å². The molecule has 1 amide bonds. The Morgan fingerprint density at radius 2 is 0.867 bits per heavy atom. The summed E-state index contributed by atoms with van der Waals surface area (Å²) in [5.74, 6) is -0.671.